The second-order valence-corrected chi connectivity index (χ2v) is 7.43. The van der Waals surface area contributed by atoms with Crippen LogP contribution in [-0.2, 0) is 0 Å². The van der Waals surface area contributed by atoms with Crippen molar-refractivity contribution < 1.29 is 4.74 Å². The van der Waals surface area contributed by atoms with E-state index in [0.717, 1.165) is 10.6 Å². The molecule has 2 N–H and O–H groups in total. The van der Waals surface area contributed by atoms with Gasteiger partial charge in [0.05, 0.1) is 24.1 Å². The zero-order chi connectivity index (χ0) is 16.8. The zero-order valence-electron chi connectivity index (χ0n) is 12.8. The van der Waals surface area contributed by atoms with Gasteiger partial charge >= 0.3 is 0 Å². The molecule has 4 rings (SSSR count). The minimum absolute atomic E-state index is 0.0810. The van der Waals surface area contributed by atoms with Gasteiger partial charge in [0.25, 0.3) is 0 Å². The number of nitrogens with zero attached hydrogens (tertiary/aromatic N) is 4. The maximum absolute atomic E-state index is 6.44. The summed E-state index contributed by atoms with van der Waals surface area (Å²) in [6, 6.07) is 5.42. The molecule has 1 fully saturated rings. The number of hydrogen-bond donors (Lipinski definition) is 2. The summed E-state index contributed by atoms with van der Waals surface area (Å²) in [6.07, 6.45) is 0. The first-order valence-electron chi connectivity index (χ1n) is 7.29. The number of hydrogen-bond acceptors (Lipinski definition) is 7. The summed E-state index contributed by atoms with van der Waals surface area (Å²) in [5.74, 6) is 1.24. The third kappa shape index (κ3) is 2.55. The third-order valence-electron chi connectivity index (χ3n) is 3.94. The minimum Gasteiger partial charge on any atom is -0.496 e. The molecular weight excluding hydrogens is 371 g/mol. The summed E-state index contributed by atoms with van der Waals surface area (Å²) in [7, 11) is 1.60. The van der Waals surface area contributed by atoms with Crippen LogP contribution in [0.4, 0.5) is 0 Å². The molecule has 24 heavy (non-hydrogen) atoms. The van der Waals surface area contributed by atoms with Crippen LogP contribution in [0.2, 0.25) is 5.02 Å². The van der Waals surface area contributed by atoms with E-state index in [0.29, 0.717) is 21.6 Å². The molecule has 1 aliphatic rings. The number of alkyl halides is 1. The van der Waals surface area contributed by atoms with Crippen LogP contribution in [0.15, 0.2) is 18.2 Å². The van der Waals surface area contributed by atoms with Gasteiger partial charge in [0, 0.05) is 11.1 Å². The second-order valence-electron chi connectivity index (χ2n) is 5.50. The quantitative estimate of drug-likeness (QED) is 0.676. The number of rotatable bonds is 3. The average molecular weight is 385 g/mol. The Bertz CT molecular complexity index is 897. The maximum atomic E-state index is 6.44. The molecule has 7 nitrogen and oxygen atoms in total. The van der Waals surface area contributed by atoms with Crippen LogP contribution in [0, 0.1) is 0 Å². The largest absolute Gasteiger partial charge is 0.496 e. The Morgan fingerprint density at radius 3 is 2.83 bits per heavy atom. The van der Waals surface area contributed by atoms with Crippen molar-refractivity contribution in [1.29, 1.82) is 0 Å². The van der Waals surface area contributed by atoms with Crippen LogP contribution in [0.1, 0.15) is 18.0 Å². The van der Waals surface area contributed by atoms with Gasteiger partial charge in [0.1, 0.15) is 10.8 Å². The second kappa shape index (κ2) is 6.12. The molecule has 126 valence electrons. The molecule has 3 unspecified atom stereocenters. The van der Waals surface area contributed by atoms with E-state index in [1.54, 1.807) is 29.8 Å². The Morgan fingerprint density at radius 1 is 1.29 bits per heavy atom. The van der Waals surface area contributed by atoms with Crippen molar-refractivity contribution in [3.8, 4) is 17.1 Å². The smallest absolute Gasteiger partial charge is 0.235 e. The van der Waals surface area contributed by atoms with Crippen molar-refractivity contribution in [2.45, 2.75) is 24.4 Å². The summed E-state index contributed by atoms with van der Waals surface area (Å²) in [6.45, 7) is 2.02. The van der Waals surface area contributed by atoms with Gasteiger partial charge in [0.2, 0.25) is 4.96 Å². The number of fused-ring (bicyclic) bond motifs is 1. The van der Waals surface area contributed by atoms with E-state index in [9.17, 15) is 0 Å². The van der Waals surface area contributed by atoms with Gasteiger partial charge in [-0.1, -0.05) is 22.9 Å². The van der Waals surface area contributed by atoms with E-state index < -0.39 is 0 Å². The summed E-state index contributed by atoms with van der Waals surface area (Å²) >= 11 is 14.0. The number of halogens is 2. The van der Waals surface area contributed by atoms with Gasteiger partial charge in [-0.25, -0.2) is 5.43 Å². The monoisotopic (exact) mass is 384 g/mol. The summed E-state index contributed by atoms with van der Waals surface area (Å²) < 4.78 is 7.10. The maximum Gasteiger partial charge on any atom is 0.235 e. The predicted octanol–water partition coefficient (Wildman–Crippen LogP) is 2.66. The Morgan fingerprint density at radius 2 is 2.12 bits per heavy atom. The molecule has 3 heterocycles. The Kier molecular flexibility index (Phi) is 4.09. The normalized spacial score (nSPS) is 23.9. The van der Waals surface area contributed by atoms with Gasteiger partial charge in [0.15, 0.2) is 5.82 Å². The topological polar surface area (TPSA) is 76.4 Å². The van der Waals surface area contributed by atoms with E-state index in [4.69, 9.17) is 27.9 Å². The number of ether oxygens (including phenoxy) is 1. The summed E-state index contributed by atoms with van der Waals surface area (Å²) in [5.41, 5.74) is 7.04. The fourth-order valence-corrected chi connectivity index (χ4v) is 4.08. The fourth-order valence-electron chi connectivity index (χ4n) is 2.65. The highest BCUT2D eigenvalue weighted by atomic mass is 35.5. The number of nitrogens with one attached hydrogen (secondary N) is 2. The molecule has 3 atom stereocenters. The summed E-state index contributed by atoms with van der Waals surface area (Å²) in [4.78, 5) is 0.687. The molecule has 1 saturated heterocycles. The molecule has 0 radical (unpaired) electrons. The van der Waals surface area contributed by atoms with Crippen LogP contribution in [0.3, 0.4) is 0 Å². The Balaban J connectivity index is 1.80. The Hall–Kier alpha value is -1.45. The predicted molar refractivity (Wildman–Crippen MR) is 93.8 cm³/mol. The van der Waals surface area contributed by atoms with E-state index >= 15 is 0 Å². The van der Waals surface area contributed by atoms with Crippen molar-refractivity contribution in [3.63, 3.8) is 0 Å². The van der Waals surface area contributed by atoms with Gasteiger partial charge in [-0.15, -0.1) is 21.8 Å². The lowest BCUT2D eigenvalue weighted by Crippen LogP contribution is -2.29. The van der Waals surface area contributed by atoms with E-state index in [1.165, 1.54) is 11.3 Å². The van der Waals surface area contributed by atoms with Crippen molar-refractivity contribution >= 4 is 39.5 Å². The highest BCUT2D eigenvalue weighted by Gasteiger charge is 2.35. The van der Waals surface area contributed by atoms with Crippen molar-refractivity contribution in [2.75, 3.05) is 7.11 Å². The molecule has 0 saturated carbocycles. The van der Waals surface area contributed by atoms with Gasteiger partial charge < -0.3 is 4.74 Å². The van der Waals surface area contributed by atoms with E-state index in [1.807, 2.05) is 6.92 Å². The van der Waals surface area contributed by atoms with Gasteiger partial charge in [-0.2, -0.15) is 9.61 Å². The van der Waals surface area contributed by atoms with Crippen LogP contribution < -0.4 is 15.6 Å². The first-order valence-corrected chi connectivity index (χ1v) is 8.92. The SMILES string of the molecule is COc1ccc(Cl)cc1-c1nnc2sc(C3NNC(C)C3Cl)nn12. The molecule has 2 aromatic heterocycles. The number of benzene rings is 1. The first kappa shape index (κ1) is 16.0. The zero-order valence-corrected chi connectivity index (χ0v) is 15.2. The fraction of sp³-hybridized carbons (Fsp3) is 0.357. The number of methoxy groups -OCH3 is 1. The molecule has 0 amide bonds. The average Bonchev–Trinajstić information content (AvgIpc) is 3.23. The molecule has 0 bridgehead atoms. The minimum atomic E-state index is -0.0991. The number of aromatic nitrogens is 4. The van der Waals surface area contributed by atoms with Crippen molar-refractivity contribution in [1.82, 2.24) is 30.7 Å². The van der Waals surface area contributed by atoms with E-state index in [2.05, 4.69) is 26.1 Å². The molecule has 0 aliphatic carbocycles. The van der Waals surface area contributed by atoms with Crippen LogP contribution in [0.5, 0.6) is 5.75 Å². The third-order valence-corrected chi connectivity index (χ3v) is 5.78. The highest BCUT2D eigenvalue weighted by molar-refractivity contribution is 7.16. The molecule has 1 aliphatic heterocycles. The van der Waals surface area contributed by atoms with E-state index in [-0.39, 0.29) is 17.5 Å². The van der Waals surface area contributed by atoms with Crippen LogP contribution >= 0.6 is 34.5 Å². The number of hydrazine groups is 1. The van der Waals surface area contributed by atoms with Crippen molar-refractivity contribution in [3.05, 3.63) is 28.2 Å². The Labute approximate surface area is 151 Å². The first-order chi connectivity index (χ1) is 11.6. The van der Waals surface area contributed by atoms with Gasteiger partial charge in [-0.3, -0.25) is 5.43 Å². The molecule has 0 spiro atoms. The molecule has 1 aromatic carbocycles. The highest BCUT2D eigenvalue weighted by Crippen LogP contribution is 2.34. The lowest BCUT2D eigenvalue weighted by molar-refractivity contribution is 0.416. The molecular formula is C14H14Cl2N6OS. The molecule has 3 aromatic rings. The van der Waals surface area contributed by atoms with Crippen LogP contribution in [-0.4, -0.2) is 38.3 Å². The van der Waals surface area contributed by atoms with Crippen molar-refractivity contribution in [2.24, 2.45) is 0 Å². The lowest BCUT2D eigenvalue weighted by Gasteiger charge is -2.10. The van der Waals surface area contributed by atoms with Gasteiger partial charge in [-0.05, 0) is 25.1 Å². The van der Waals surface area contributed by atoms with Crippen LogP contribution in [0.25, 0.3) is 16.3 Å². The molecule has 10 heteroatoms. The summed E-state index contributed by atoms with van der Waals surface area (Å²) in [5, 5.41) is 14.4. The standard InChI is InChI=1S/C14H14Cl2N6OS/c1-6-10(16)11(18-17-6)13-21-22-12(19-20-14(22)24-13)8-5-7(15)3-4-9(8)23-2/h3-6,10-11,17-18H,1-2H3. The lowest BCUT2D eigenvalue weighted by atomic mass is 10.1.